The zero-order valence-electron chi connectivity index (χ0n) is 10.4. The van der Waals surface area contributed by atoms with Gasteiger partial charge in [-0.15, -0.1) is 0 Å². The average molecular weight is 253 g/mol. The molecule has 1 fully saturated rings. The molecule has 1 aliphatic carbocycles. The Morgan fingerprint density at radius 3 is 2.59 bits per heavy atom. The van der Waals surface area contributed by atoms with Crippen LogP contribution >= 0.6 is 0 Å². The number of nitrogens with one attached hydrogen (secondary N) is 1. The average Bonchev–Trinajstić information content (AvgIpc) is 2.28. The Morgan fingerprint density at radius 1 is 1.24 bits per heavy atom. The van der Waals surface area contributed by atoms with E-state index in [1.165, 1.54) is 0 Å². The summed E-state index contributed by atoms with van der Waals surface area (Å²) in [5, 5.41) is 3.04. The molecular weight excluding hydrogens is 231 g/mol. The van der Waals surface area contributed by atoms with Gasteiger partial charge in [-0.25, -0.2) is 0 Å². The number of alkyl halides is 3. The van der Waals surface area contributed by atoms with Gasteiger partial charge < -0.3 is 10.1 Å². The minimum absolute atomic E-state index is 0.270. The molecule has 0 saturated heterocycles. The lowest BCUT2D eigenvalue weighted by molar-refractivity contribution is -0.188. The van der Waals surface area contributed by atoms with Gasteiger partial charge in [-0.05, 0) is 32.7 Å². The highest BCUT2D eigenvalue weighted by Gasteiger charge is 2.45. The molecule has 1 aliphatic rings. The van der Waals surface area contributed by atoms with Crippen molar-refractivity contribution in [3.8, 4) is 0 Å². The van der Waals surface area contributed by atoms with E-state index in [1.54, 1.807) is 0 Å². The summed E-state index contributed by atoms with van der Waals surface area (Å²) < 4.78 is 43.4. The zero-order chi connectivity index (χ0) is 12.7. The second-order valence-electron chi connectivity index (χ2n) is 4.54. The minimum Gasteiger partial charge on any atom is -0.382 e. The second kappa shape index (κ2) is 7.21. The van der Waals surface area contributed by atoms with Crippen molar-refractivity contribution in [2.75, 3.05) is 19.8 Å². The molecule has 0 aromatic carbocycles. The van der Waals surface area contributed by atoms with Crippen LogP contribution in [-0.4, -0.2) is 32.0 Å². The third-order valence-corrected chi connectivity index (χ3v) is 3.26. The number of rotatable bonds is 6. The van der Waals surface area contributed by atoms with E-state index in [1.807, 2.05) is 6.92 Å². The van der Waals surface area contributed by atoms with E-state index in [0.29, 0.717) is 32.6 Å². The predicted octanol–water partition coefficient (Wildman–Crippen LogP) is 3.12. The molecule has 0 amide bonds. The summed E-state index contributed by atoms with van der Waals surface area (Å²) in [6.07, 6.45) is -0.782. The van der Waals surface area contributed by atoms with Crippen LogP contribution in [0.1, 0.15) is 39.0 Å². The van der Waals surface area contributed by atoms with Crippen LogP contribution < -0.4 is 5.32 Å². The molecule has 0 aromatic rings. The molecule has 0 radical (unpaired) electrons. The van der Waals surface area contributed by atoms with Gasteiger partial charge in [0.1, 0.15) is 0 Å². The van der Waals surface area contributed by atoms with Crippen LogP contribution in [-0.2, 0) is 4.74 Å². The van der Waals surface area contributed by atoms with Crippen LogP contribution in [0, 0.1) is 5.92 Å². The monoisotopic (exact) mass is 253 g/mol. The fraction of sp³-hybridized carbons (Fsp3) is 1.00. The van der Waals surface area contributed by atoms with Gasteiger partial charge >= 0.3 is 6.18 Å². The minimum atomic E-state index is -4.06. The van der Waals surface area contributed by atoms with Gasteiger partial charge in [0.05, 0.1) is 5.92 Å². The number of hydrogen-bond donors (Lipinski definition) is 1. The smallest absolute Gasteiger partial charge is 0.382 e. The van der Waals surface area contributed by atoms with Gasteiger partial charge in [-0.3, -0.25) is 0 Å². The highest BCUT2D eigenvalue weighted by Crippen LogP contribution is 2.37. The highest BCUT2D eigenvalue weighted by atomic mass is 19.4. The van der Waals surface area contributed by atoms with Crippen molar-refractivity contribution in [2.24, 2.45) is 5.92 Å². The fourth-order valence-electron chi connectivity index (χ4n) is 2.37. The van der Waals surface area contributed by atoms with E-state index < -0.39 is 18.1 Å². The Labute approximate surface area is 101 Å². The third kappa shape index (κ3) is 5.25. The standard InChI is InChI=1S/C12H22F3NO/c1-2-17-9-5-8-16-11-7-4-3-6-10(11)12(13,14)15/h10-11,16H,2-9H2,1H3. The molecule has 0 aliphatic heterocycles. The van der Waals surface area contributed by atoms with E-state index in [-0.39, 0.29) is 6.42 Å². The lowest BCUT2D eigenvalue weighted by Crippen LogP contribution is -2.45. The van der Waals surface area contributed by atoms with Gasteiger partial charge in [0, 0.05) is 19.3 Å². The molecule has 1 saturated carbocycles. The summed E-state index contributed by atoms with van der Waals surface area (Å²) in [5.74, 6) is -1.16. The zero-order valence-corrected chi connectivity index (χ0v) is 10.4. The first-order chi connectivity index (χ1) is 8.05. The maximum absolute atomic E-state index is 12.8. The molecule has 102 valence electrons. The summed E-state index contributed by atoms with van der Waals surface area (Å²) in [7, 11) is 0. The van der Waals surface area contributed by atoms with E-state index >= 15 is 0 Å². The maximum Gasteiger partial charge on any atom is 0.393 e. The number of hydrogen-bond acceptors (Lipinski definition) is 2. The van der Waals surface area contributed by atoms with Gasteiger partial charge in [-0.1, -0.05) is 12.8 Å². The van der Waals surface area contributed by atoms with Gasteiger partial charge in [-0.2, -0.15) is 13.2 Å². The first-order valence-corrected chi connectivity index (χ1v) is 6.43. The van der Waals surface area contributed by atoms with E-state index in [4.69, 9.17) is 4.74 Å². The van der Waals surface area contributed by atoms with Crippen molar-refractivity contribution in [2.45, 2.75) is 51.2 Å². The molecule has 1 N–H and O–H groups in total. The Morgan fingerprint density at radius 2 is 1.94 bits per heavy atom. The van der Waals surface area contributed by atoms with Gasteiger partial charge in [0.25, 0.3) is 0 Å². The molecule has 2 unspecified atom stereocenters. The molecule has 0 bridgehead atoms. The number of halogens is 3. The van der Waals surface area contributed by atoms with Crippen molar-refractivity contribution in [3.05, 3.63) is 0 Å². The third-order valence-electron chi connectivity index (χ3n) is 3.26. The molecule has 5 heteroatoms. The van der Waals surface area contributed by atoms with E-state index in [9.17, 15) is 13.2 Å². The molecule has 0 heterocycles. The number of ether oxygens (including phenoxy) is 1. The lowest BCUT2D eigenvalue weighted by Gasteiger charge is -2.33. The van der Waals surface area contributed by atoms with Crippen molar-refractivity contribution in [1.29, 1.82) is 0 Å². The Kier molecular flexibility index (Phi) is 6.27. The summed E-state index contributed by atoms with van der Waals surface area (Å²) in [5.41, 5.74) is 0. The molecule has 2 atom stereocenters. The van der Waals surface area contributed by atoms with Crippen molar-refractivity contribution in [1.82, 2.24) is 5.32 Å². The second-order valence-corrected chi connectivity index (χ2v) is 4.54. The molecule has 1 rings (SSSR count). The predicted molar refractivity (Wildman–Crippen MR) is 60.9 cm³/mol. The normalized spacial score (nSPS) is 26.1. The van der Waals surface area contributed by atoms with Crippen LogP contribution in [0.2, 0.25) is 0 Å². The molecule has 0 aromatic heterocycles. The molecule has 0 spiro atoms. The topological polar surface area (TPSA) is 21.3 Å². The van der Waals surface area contributed by atoms with Crippen LogP contribution in [0.15, 0.2) is 0 Å². The first kappa shape index (κ1) is 14.8. The van der Waals surface area contributed by atoms with E-state index in [2.05, 4.69) is 5.32 Å². The summed E-state index contributed by atoms with van der Waals surface area (Å²) >= 11 is 0. The Bertz CT molecular complexity index is 208. The lowest BCUT2D eigenvalue weighted by atomic mass is 9.84. The quantitative estimate of drug-likeness (QED) is 0.734. The highest BCUT2D eigenvalue weighted by molar-refractivity contribution is 4.85. The van der Waals surface area contributed by atoms with Crippen LogP contribution in [0.4, 0.5) is 13.2 Å². The van der Waals surface area contributed by atoms with Crippen molar-refractivity contribution in [3.63, 3.8) is 0 Å². The summed E-state index contributed by atoms with van der Waals surface area (Å²) in [4.78, 5) is 0. The molecule has 17 heavy (non-hydrogen) atoms. The van der Waals surface area contributed by atoms with Gasteiger partial charge in [0.15, 0.2) is 0 Å². The van der Waals surface area contributed by atoms with Gasteiger partial charge in [0.2, 0.25) is 0 Å². The first-order valence-electron chi connectivity index (χ1n) is 6.43. The van der Waals surface area contributed by atoms with E-state index in [0.717, 1.165) is 12.8 Å². The molecular formula is C12H22F3NO. The van der Waals surface area contributed by atoms with Crippen LogP contribution in [0.3, 0.4) is 0 Å². The Balaban J connectivity index is 2.28. The Hall–Kier alpha value is -0.290. The molecule has 2 nitrogen and oxygen atoms in total. The summed E-state index contributed by atoms with van der Waals surface area (Å²) in [6.45, 7) is 3.80. The van der Waals surface area contributed by atoms with Crippen LogP contribution in [0.5, 0.6) is 0 Å². The summed E-state index contributed by atoms with van der Waals surface area (Å²) in [6, 6.07) is -0.398. The maximum atomic E-state index is 12.8. The van der Waals surface area contributed by atoms with Crippen molar-refractivity contribution >= 4 is 0 Å². The SMILES string of the molecule is CCOCCCNC1CCCCC1C(F)(F)F. The van der Waals surface area contributed by atoms with Crippen LogP contribution in [0.25, 0.3) is 0 Å². The fourth-order valence-corrected chi connectivity index (χ4v) is 2.37. The largest absolute Gasteiger partial charge is 0.393 e. The van der Waals surface area contributed by atoms with Crippen molar-refractivity contribution < 1.29 is 17.9 Å².